The lowest BCUT2D eigenvalue weighted by Gasteiger charge is -2.37. The van der Waals surface area contributed by atoms with Crippen LogP contribution in [0, 0.1) is 23.0 Å². The second kappa shape index (κ2) is 11.1. The van der Waals surface area contributed by atoms with Gasteiger partial charge in [-0.1, -0.05) is 42.0 Å². The summed E-state index contributed by atoms with van der Waals surface area (Å²) in [4.78, 5) is 15.1. The number of aryl methyl sites for hydroxylation is 1. The van der Waals surface area contributed by atoms with E-state index in [2.05, 4.69) is 87.8 Å². The molecule has 1 aliphatic carbocycles. The lowest BCUT2D eigenvalue weighted by Crippen LogP contribution is -2.29. The summed E-state index contributed by atoms with van der Waals surface area (Å²) in [6.07, 6.45) is 7.62. The molecule has 6 rings (SSSR count). The molecule has 0 bridgehead atoms. The Labute approximate surface area is 241 Å². The van der Waals surface area contributed by atoms with Crippen LogP contribution >= 0.6 is 15.9 Å². The number of hydrogen-bond acceptors (Lipinski definition) is 5. The molecule has 4 aromatic rings. The fourth-order valence-corrected chi connectivity index (χ4v) is 6.06. The number of allylic oxidation sites excluding steroid dienone is 2. The molecule has 1 aliphatic heterocycles. The number of fused-ring (bicyclic) bond motifs is 3. The van der Waals surface area contributed by atoms with Crippen LogP contribution < -0.4 is 10.1 Å². The van der Waals surface area contributed by atoms with Gasteiger partial charge in [-0.25, -0.2) is 0 Å². The number of nitro benzene ring substituents is 1. The molecular weight excluding hydrogens is 566 g/mol. The van der Waals surface area contributed by atoms with Gasteiger partial charge in [0.2, 0.25) is 0 Å². The number of rotatable bonds is 7. The summed E-state index contributed by atoms with van der Waals surface area (Å²) in [6, 6.07) is 27.7. The molecule has 1 heterocycles. The predicted octanol–water partition coefficient (Wildman–Crippen LogP) is 8.82. The average Bonchev–Trinajstić information content (AvgIpc) is 3.46. The number of non-ortho nitro benzene ring substituents is 1. The maximum absolute atomic E-state index is 10.8. The molecule has 0 unspecified atom stereocenters. The van der Waals surface area contributed by atoms with Crippen LogP contribution in [0.5, 0.6) is 5.75 Å². The van der Waals surface area contributed by atoms with E-state index in [1.54, 1.807) is 12.1 Å². The molecule has 0 spiro atoms. The van der Waals surface area contributed by atoms with Gasteiger partial charge in [0.15, 0.2) is 0 Å². The van der Waals surface area contributed by atoms with Crippen LogP contribution in [-0.4, -0.2) is 11.1 Å². The van der Waals surface area contributed by atoms with Gasteiger partial charge in [0, 0.05) is 30.0 Å². The number of ether oxygens (including phenoxy) is 1. The number of hydrogen-bond donors (Lipinski definition) is 1. The van der Waals surface area contributed by atoms with Crippen LogP contribution in [-0.2, 0) is 6.61 Å². The molecule has 0 amide bonds. The zero-order valence-corrected chi connectivity index (χ0v) is 23.5. The lowest BCUT2D eigenvalue weighted by molar-refractivity contribution is -0.384. The minimum absolute atomic E-state index is 0.0643. The fraction of sp³-hybridized carbons (Fsp3) is 0.182. The number of anilines is 1. The predicted molar refractivity (Wildman–Crippen MR) is 163 cm³/mol. The number of halogens is 1. The molecule has 4 aromatic carbocycles. The van der Waals surface area contributed by atoms with E-state index in [1.807, 2.05) is 24.4 Å². The number of benzene rings is 4. The molecule has 200 valence electrons. The summed E-state index contributed by atoms with van der Waals surface area (Å²) < 4.78 is 6.71. The van der Waals surface area contributed by atoms with Gasteiger partial charge < -0.3 is 10.1 Å². The molecule has 0 fully saturated rings. The van der Waals surface area contributed by atoms with Crippen LogP contribution in [0.1, 0.15) is 46.2 Å². The molecule has 6 nitrogen and oxygen atoms in total. The topological polar surface area (TPSA) is 76.8 Å². The van der Waals surface area contributed by atoms with Crippen molar-refractivity contribution in [3.63, 3.8) is 0 Å². The van der Waals surface area contributed by atoms with Gasteiger partial charge in [-0.3, -0.25) is 15.1 Å². The summed E-state index contributed by atoms with van der Waals surface area (Å²) in [7, 11) is 0. The number of aliphatic imine (C=N–C) groups is 1. The Morgan fingerprint density at radius 3 is 2.60 bits per heavy atom. The van der Waals surface area contributed by atoms with E-state index in [0.717, 1.165) is 27.7 Å². The molecule has 7 heteroatoms. The van der Waals surface area contributed by atoms with Gasteiger partial charge in [-0.2, -0.15) is 0 Å². The zero-order chi connectivity index (χ0) is 27.6. The Hall–Kier alpha value is -4.23. The Morgan fingerprint density at radius 2 is 1.85 bits per heavy atom. The summed E-state index contributed by atoms with van der Waals surface area (Å²) in [5.41, 5.74) is 7.98. The highest BCUT2D eigenvalue weighted by molar-refractivity contribution is 9.10. The molecule has 2 aliphatic rings. The van der Waals surface area contributed by atoms with E-state index in [-0.39, 0.29) is 11.7 Å². The van der Waals surface area contributed by atoms with Gasteiger partial charge in [-0.05, 0) is 106 Å². The van der Waals surface area contributed by atoms with Crippen molar-refractivity contribution >= 4 is 39.2 Å². The SMILES string of the molecule is Cc1ccc2c(c1)[C@@H]1C=CC[C@@H]1[C@H](c1ccc(N=Cc3ccc(OCc4ccc([N+](=O)[O-])cc4)c(Br)c3)cc1)N2. The van der Waals surface area contributed by atoms with Crippen molar-refractivity contribution in [2.75, 3.05) is 5.32 Å². The van der Waals surface area contributed by atoms with E-state index >= 15 is 0 Å². The monoisotopic (exact) mass is 593 g/mol. The summed E-state index contributed by atoms with van der Waals surface area (Å²) in [5.74, 6) is 1.66. The minimum atomic E-state index is -0.411. The van der Waals surface area contributed by atoms with E-state index < -0.39 is 4.92 Å². The van der Waals surface area contributed by atoms with Crippen molar-refractivity contribution in [1.29, 1.82) is 0 Å². The molecule has 0 saturated heterocycles. The quantitative estimate of drug-likeness (QED) is 0.100. The van der Waals surface area contributed by atoms with Gasteiger partial charge >= 0.3 is 0 Å². The summed E-state index contributed by atoms with van der Waals surface area (Å²) >= 11 is 3.58. The van der Waals surface area contributed by atoms with E-state index in [1.165, 1.54) is 34.5 Å². The minimum Gasteiger partial charge on any atom is -0.488 e. The van der Waals surface area contributed by atoms with Gasteiger partial charge in [0.25, 0.3) is 5.69 Å². The van der Waals surface area contributed by atoms with Crippen molar-refractivity contribution in [2.45, 2.75) is 31.9 Å². The Bertz CT molecular complexity index is 1610. The highest BCUT2D eigenvalue weighted by Crippen LogP contribution is 2.50. The summed E-state index contributed by atoms with van der Waals surface area (Å²) in [5, 5.41) is 14.6. The molecular formula is C33H28BrN3O3. The largest absolute Gasteiger partial charge is 0.488 e. The zero-order valence-electron chi connectivity index (χ0n) is 22.0. The molecule has 0 aromatic heterocycles. The molecule has 0 saturated carbocycles. The normalized spacial score (nSPS) is 19.2. The first-order valence-corrected chi connectivity index (χ1v) is 14.1. The summed E-state index contributed by atoms with van der Waals surface area (Å²) in [6.45, 7) is 2.47. The smallest absolute Gasteiger partial charge is 0.269 e. The van der Waals surface area contributed by atoms with Crippen LogP contribution in [0.25, 0.3) is 0 Å². The van der Waals surface area contributed by atoms with Gasteiger partial charge in [-0.15, -0.1) is 0 Å². The lowest BCUT2D eigenvalue weighted by atomic mass is 9.76. The first-order valence-electron chi connectivity index (χ1n) is 13.3. The van der Waals surface area contributed by atoms with Crippen molar-refractivity contribution in [2.24, 2.45) is 10.9 Å². The van der Waals surface area contributed by atoms with Gasteiger partial charge in [0.05, 0.1) is 21.1 Å². The van der Waals surface area contributed by atoms with Crippen LogP contribution in [0.2, 0.25) is 0 Å². The highest BCUT2D eigenvalue weighted by atomic mass is 79.9. The third-order valence-electron chi connectivity index (χ3n) is 7.63. The molecule has 0 radical (unpaired) electrons. The standard InChI is InChI=1S/C33H28BrN3O3/c1-21-5-15-31-29(17-21)27-3-2-4-28(27)33(36-31)24-9-11-25(12-10-24)35-19-23-8-16-32(30(34)18-23)40-20-22-6-13-26(14-7-22)37(38)39/h2-3,5-19,27-28,33,36H,4,20H2,1H3/t27-,28+,33+/m1/s1. The van der Waals surface area contributed by atoms with E-state index in [9.17, 15) is 10.1 Å². The molecule has 3 atom stereocenters. The van der Waals surface area contributed by atoms with Crippen molar-refractivity contribution in [1.82, 2.24) is 0 Å². The average molecular weight is 595 g/mol. The van der Waals surface area contributed by atoms with Crippen molar-refractivity contribution < 1.29 is 9.66 Å². The third kappa shape index (κ3) is 5.42. The Balaban J connectivity index is 1.10. The maximum atomic E-state index is 10.8. The van der Waals surface area contributed by atoms with E-state index in [0.29, 0.717) is 24.2 Å². The molecule has 1 N–H and O–H groups in total. The second-order valence-corrected chi connectivity index (χ2v) is 11.2. The van der Waals surface area contributed by atoms with E-state index in [4.69, 9.17) is 4.74 Å². The first-order chi connectivity index (χ1) is 19.4. The van der Waals surface area contributed by atoms with Crippen molar-refractivity contribution in [3.05, 3.63) is 139 Å². The Kier molecular flexibility index (Phi) is 7.22. The third-order valence-corrected chi connectivity index (χ3v) is 8.25. The van der Waals surface area contributed by atoms with Crippen LogP contribution in [0.3, 0.4) is 0 Å². The van der Waals surface area contributed by atoms with Crippen LogP contribution in [0.15, 0.2) is 107 Å². The van der Waals surface area contributed by atoms with Crippen LogP contribution in [0.4, 0.5) is 17.1 Å². The van der Waals surface area contributed by atoms with Gasteiger partial charge in [0.1, 0.15) is 12.4 Å². The first kappa shape index (κ1) is 26.0. The number of nitrogens with zero attached hydrogens (tertiary/aromatic N) is 2. The second-order valence-electron chi connectivity index (χ2n) is 10.3. The number of nitrogens with one attached hydrogen (secondary N) is 1. The fourth-order valence-electron chi connectivity index (χ4n) is 5.55. The maximum Gasteiger partial charge on any atom is 0.269 e. The Morgan fingerprint density at radius 1 is 1.05 bits per heavy atom. The molecule has 40 heavy (non-hydrogen) atoms. The number of nitro groups is 1. The van der Waals surface area contributed by atoms with Crippen molar-refractivity contribution in [3.8, 4) is 5.75 Å². The highest BCUT2D eigenvalue weighted by Gasteiger charge is 2.37.